The van der Waals surface area contributed by atoms with Crippen LogP contribution < -0.4 is 16.4 Å². The Balaban J connectivity index is 1.60. The second-order valence-corrected chi connectivity index (χ2v) is 5.95. The molecule has 5 heteroatoms. The van der Waals surface area contributed by atoms with Crippen molar-refractivity contribution in [2.45, 2.75) is 19.3 Å². The van der Waals surface area contributed by atoms with E-state index >= 15 is 0 Å². The summed E-state index contributed by atoms with van der Waals surface area (Å²) in [5.41, 5.74) is 7.45. The van der Waals surface area contributed by atoms with Crippen molar-refractivity contribution in [2.24, 2.45) is 17.6 Å². The van der Waals surface area contributed by atoms with Gasteiger partial charge in [-0.05, 0) is 49.6 Å². The largest absolute Gasteiger partial charge is 0.340 e. The Kier molecular flexibility index (Phi) is 4.88. The zero-order chi connectivity index (χ0) is 16.1. The number of benzene rings is 1. The van der Waals surface area contributed by atoms with Crippen LogP contribution in [0, 0.1) is 11.8 Å². The fraction of sp³-hybridized carbons (Fsp3) is 0.333. The van der Waals surface area contributed by atoms with Gasteiger partial charge in [0.2, 0.25) is 5.91 Å². The molecule has 1 aliphatic carbocycles. The van der Waals surface area contributed by atoms with Crippen molar-refractivity contribution in [3.63, 3.8) is 0 Å². The summed E-state index contributed by atoms with van der Waals surface area (Å²) in [5, 5.41) is 6.17. The summed E-state index contributed by atoms with van der Waals surface area (Å²) >= 11 is 0. The first-order valence-electron chi connectivity index (χ1n) is 8.05. The third-order valence-corrected chi connectivity index (χ3v) is 4.38. The van der Waals surface area contributed by atoms with Crippen LogP contribution in [0.4, 0.5) is 17.2 Å². The Labute approximate surface area is 136 Å². The van der Waals surface area contributed by atoms with Crippen LogP contribution in [0.15, 0.2) is 48.7 Å². The first kappa shape index (κ1) is 15.5. The molecule has 1 aromatic heterocycles. The molecular formula is C18H22N4O. The van der Waals surface area contributed by atoms with Gasteiger partial charge in [-0.15, -0.1) is 0 Å². The molecule has 0 saturated heterocycles. The molecule has 0 aliphatic heterocycles. The van der Waals surface area contributed by atoms with E-state index in [1.807, 2.05) is 42.5 Å². The molecule has 2 atom stereocenters. The number of nitrogens with one attached hydrogen (secondary N) is 2. The van der Waals surface area contributed by atoms with Gasteiger partial charge in [0.15, 0.2) is 0 Å². The van der Waals surface area contributed by atoms with Crippen LogP contribution in [-0.4, -0.2) is 17.4 Å². The number of pyridine rings is 1. The third-order valence-electron chi connectivity index (χ3n) is 4.38. The van der Waals surface area contributed by atoms with E-state index in [4.69, 9.17) is 5.73 Å². The Morgan fingerprint density at radius 3 is 2.65 bits per heavy atom. The van der Waals surface area contributed by atoms with Crippen LogP contribution in [0.1, 0.15) is 19.3 Å². The average Bonchev–Trinajstić information content (AvgIpc) is 3.06. The first-order valence-corrected chi connectivity index (χ1v) is 8.05. The number of hydrogen-bond donors (Lipinski definition) is 3. The number of carbonyl (C=O) groups is 1. The van der Waals surface area contributed by atoms with Gasteiger partial charge in [-0.3, -0.25) is 4.79 Å². The minimum Gasteiger partial charge on any atom is -0.340 e. The van der Waals surface area contributed by atoms with Crippen molar-refractivity contribution >= 4 is 23.1 Å². The number of anilines is 3. The first-order chi connectivity index (χ1) is 11.3. The van der Waals surface area contributed by atoms with Crippen molar-refractivity contribution in [2.75, 3.05) is 17.2 Å². The van der Waals surface area contributed by atoms with Crippen molar-refractivity contribution in [3.05, 3.63) is 48.7 Å². The molecular weight excluding hydrogens is 288 g/mol. The van der Waals surface area contributed by atoms with Gasteiger partial charge < -0.3 is 16.4 Å². The molecule has 5 nitrogen and oxygen atoms in total. The standard InChI is InChI=1S/C18H22N4O/c19-11-13-5-4-8-16(13)18(23)22-15-9-10-17(20-12-15)21-14-6-2-1-3-7-14/h1-3,6-7,9-10,12-13,16H,4-5,8,11,19H2,(H,20,21)(H,22,23)/t13-,16-/m1/s1. The second-order valence-electron chi connectivity index (χ2n) is 5.95. The number of carbonyl (C=O) groups excluding carboxylic acids is 1. The Morgan fingerprint density at radius 1 is 1.13 bits per heavy atom. The summed E-state index contributed by atoms with van der Waals surface area (Å²) in [7, 11) is 0. The van der Waals surface area contributed by atoms with Crippen LogP contribution in [-0.2, 0) is 4.79 Å². The van der Waals surface area contributed by atoms with E-state index in [0.717, 1.165) is 36.5 Å². The number of para-hydroxylation sites is 1. The number of nitrogens with zero attached hydrogens (tertiary/aromatic N) is 1. The molecule has 0 unspecified atom stereocenters. The summed E-state index contributed by atoms with van der Waals surface area (Å²) in [5.74, 6) is 1.14. The fourth-order valence-electron chi connectivity index (χ4n) is 3.11. The topological polar surface area (TPSA) is 80.0 Å². The maximum absolute atomic E-state index is 12.3. The summed E-state index contributed by atoms with van der Waals surface area (Å²) in [6.45, 7) is 0.580. The summed E-state index contributed by atoms with van der Waals surface area (Å²) in [4.78, 5) is 16.7. The quantitative estimate of drug-likeness (QED) is 0.792. The molecule has 0 radical (unpaired) electrons. The van der Waals surface area contributed by atoms with Gasteiger partial charge in [0, 0.05) is 11.6 Å². The monoisotopic (exact) mass is 310 g/mol. The zero-order valence-electron chi connectivity index (χ0n) is 13.0. The minimum absolute atomic E-state index is 0.0297. The highest BCUT2D eigenvalue weighted by atomic mass is 16.1. The van der Waals surface area contributed by atoms with Gasteiger partial charge in [0.25, 0.3) is 0 Å². The minimum atomic E-state index is 0.0297. The Bertz CT molecular complexity index is 642. The fourth-order valence-corrected chi connectivity index (χ4v) is 3.11. The maximum Gasteiger partial charge on any atom is 0.227 e. The van der Waals surface area contributed by atoms with E-state index in [1.165, 1.54) is 0 Å². The van der Waals surface area contributed by atoms with Gasteiger partial charge in [-0.2, -0.15) is 0 Å². The van der Waals surface area contributed by atoms with Crippen molar-refractivity contribution < 1.29 is 4.79 Å². The second kappa shape index (κ2) is 7.24. The van der Waals surface area contributed by atoms with E-state index in [1.54, 1.807) is 6.20 Å². The zero-order valence-corrected chi connectivity index (χ0v) is 13.0. The van der Waals surface area contributed by atoms with Crippen LogP contribution >= 0.6 is 0 Å². The van der Waals surface area contributed by atoms with Crippen LogP contribution in [0.2, 0.25) is 0 Å². The van der Waals surface area contributed by atoms with Crippen LogP contribution in [0.25, 0.3) is 0 Å². The average molecular weight is 310 g/mol. The predicted molar refractivity (Wildman–Crippen MR) is 92.5 cm³/mol. The summed E-state index contributed by atoms with van der Waals surface area (Å²) in [6, 6.07) is 13.6. The SMILES string of the molecule is NC[C@H]1CCC[C@H]1C(=O)Nc1ccc(Nc2ccccc2)nc1. The Morgan fingerprint density at radius 2 is 1.96 bits per heavy atom. The van der Waals surface area contributed by atoms with Gasteiger partial charge in [0.05, 0.1) is 11.9 Å². The normalized spacial score (nSPS) is 20.2. The highest BCUT2D eigenvalue weighted by Crippen LogP contribution is 2.31. The van der Waals surface area contributed by atoms with E-state index in [9.17, 15) is 4.79 Å². The van der Waals surface area contributed by atoms with Crippen molar-refractivity contribution in [1.29, 1.82) is 0 Å². The molecule has 1 aromatic carbocycles. The van der Waals surface area contributed by atoms with Gasteiger partial charge in [0.1, 0.15) is 5.82 Å². The lowest BCUT2D eigenvalue weighted by atomic mass is 9.95. The van der Waals surface area contributed by atoms with E-state index in [0.29, 0.717) is 12.5 Å². The predicted octanol–water partition coefficient (Wildman–Crippen LogP) is 3.14. The molecule has 1 aliphatic rings. The number of rotatable bonds is 5. The molecule has 2 aromatic rings. The smallest absolute Gasteiger partial charge is 0.227 e. The molecule has 4 N–H and O–H groups in total. The van der Waals surface area contributed by atoms with Crippen LogP contribution in [0.5, 0.6) is 0 Å². The van der Waals surface area contributed by atoms with Crippen molar-refractivity contribution in [3.8, 4) is 0 Å². The number of hydrogen-bond acceptors (Lipinski definition) is 4. The number of aromatic nitrogens is 1. The van der Waals surface area contributed by atoms with Crippen molar-refractivity contribution in [1.82, 2.24) is 4.98 Å². The van der Waals surface area contributed by atoms with Gasteiger partial charge >= 0.3 is 0 Å². The lowest BCUT2D eigenvalue weighted by Gasteiger charge is -2.17. The number of amides is 1. The van der Waals surface area contributed by atoms with E-state index < -0.39 is 0 Å². The molecule has 120 valence electrons. The van der Waals surface area contributed by atoms with Gasteiger partial charge in [-0.1, -0.05) is 24.6 Å². The molecule has 1 amide bonds. The summed E-state index contributed by atoms with van der Waals surface area (Å²) < 4.78 is 0. The highest BCUT2D eigenvalue weighted by Gasteiger charge is 2.31. The molecule has 1 fully saturated rings. The van der Waals surface area contributed by atoms with Gasteiger partial charge in [-0.25, -0.2) is 4.98 Å². The lowest BCUT2D eigenvalue weighted by molar-refractivity contribution is -0.120. The third kappa shape index (κ3) is 3.87. The molecule has 23 heavy (non-hydrogen) atoms. The molecule has 0 spiro atoms. The van der Waals surface area contributed by atoms with Crippen LogP contribution in [0.3, 0.4) is 0 Å². The highest BCUT2D eigenvalue weighted by molar-refractivity contribution is 5.92. The summed E-state index contributed by atoms with van der Waals surface area (Å²) in [6.07, 6.45) is 4.73. The number of nitrogens with two attached hydrogens (primary N) is 1. The Hall–Kier alpha value is -2.40. The molecule has 0 bridgehead atoms. The molecule has 3 rings (SSSR count). The molecule has 1 saturated carbocycles. The van der Waals surface area contributed by atoms with E-state index in [2.05, 4.69) is 15.6 Å². The maximum atomic E-state index is 12.3. The van der Waals surface area contributed by atoms with E-state index in [-0.39, 0.29) is 11.8 Å². The molecule has 1 heterocycles. The lowest BCUT2D eigenvalue weighted by Crippen LogP contribution is -2.29.